The molecule has 0 unspecified atom stereocenters. The molecule has 0 spiro atoms. The summed E-state index contributed by atoms with van der Waals surface area (Å²) < 4.78 is 1.25. The number of benzene rings is 2. The van der Waals surface area contributed by atoms with E-state index in [9.17, 15) is 14.9 Å². The van der Waals surface area contributed by atoms with Crippen molar-refractivity contribution >= 4 is 36.1 Å². The molecule has 0 aliphatic carbocycles. The Balaban J connectivity index is 2.52. The van der Waals surface area contributed by atoms with Crippen LogP contribution in [0.2, 0.25) is 0 Å². The number of hydrogen-bond acceptors (Lipinski definition) is 3. The van der Waals surface area contributed by atoms with Crippen molar-refractivity contribution in [2.75, 3.05) is 0 Å². The number of aromatic carboxylic acids is 1. The van der Waals surface area contributed by atoms with E-state index in [1.807, 2.05) is 30.3 Å². The Morgan fingerprint density at radius 2 is 1.79 bits per heavy atom. The van der Waals surface area contributed by atoms with Crippen molar-refractivity contribution in [3.63, 3.8) is 0 Å². The number of carbonyl (C=O) groups is 1. The van der Waals surface area contributed by atoms with E-state index >= 15 is 0 Å². The van der Waals surface area contributed by atoms with Crippen LogP contribution in [0.3, 0.4) is 0 Å². The van der Waals surface area contributed by atoms with E-state index < -0.39 is 26.6 Å². The van der Waals surface area contributed by atoms with Crippen LogP contribution in [-0.2, 0) is 0 Å². The average molecular weight is 318 g/mol. The Labute approximate surface area is 115 Å². The van der Waals surface area contributed by atoms with Crippen molar-refractivity contribution in [1.29, 1.82) is 0 Å². The summed E-state index contributed by atoms with van der Waals surface area (Å²) in [5.41, 5.74) is -0.109. The Hall–Kier alpha value is -2.13. The first kappa shape index (κ1) is 13.3. The third-order valence-corrected chi connectivity index (χ3v) is 5.06. The van der Waals surface area contributed by atoms with Gasteiger partial charge in [0.25, 0.3) is 0 Å². The molecule has 0 aromatic heterocycles. The molecule has 1 N–H and O–H groups in total. The standard InChI is InChI=1S/C13H9AsNO4/c16-13(17)10-7-4-8-11(15(18)19)12(10)14-9-5-2-1-3-6-9/h1-8H,(H,16,17). The fraction of sp³-hybridized carbons (Fsp3) is 0. The molecule has 0 atom stereocenters. The number of carboxylic acid groups (broad SMARTS) is 1. The molecule has 1 radical (unpaired) electrons. The Kier molecular flexibility index (Phi) is 3.97. The van der Waals surface area contributed by atoms with Crippen molar-refractivity contribution in [3.05, 3.63) is 64.2 Å². The normalized spacial score (nSPS) is 10.7. The van der Waals surface area contributed by atoms with Crippen LogP contribution in [0.15, 0.2) is 48.5 Å². The monoisotopic (exact) mass is 318 g/mol. The van der Waals surface area contributed by atoms with E-state index in [2.05, 4.69) is 0 Å². The molecular formula is C13H9AsNO4. The van der Waals surface area contributed by atoms with Crippen molar-refractivity contribution in [1.82, 2.24) is 0 Å². The molecule has 0 fully saturated rings. The van der Waals surface area contributed by atoms with Crippen LogP contribution in [-0.4, -0.2) is 31.8 Å². The van der Waals surface area contributed by atoms with E-state index in [0.717, 1.165) is 4.35 Å². The summed E-state index contributed by atoms with van der Waals surface area (Å²) in [7, 11) is 0. The van der Waals surface area contributed by atoms with Crippen LogP contribution in [0.25, 0.3) is 0 Å². The fourth-order valence-electron chi connectivity index (χ4n) is 1.60. The molecule has 0 saturated carbocycles. The summed E-state index contributed by atoms with van der Waals surface area (Å²) in [5, 5.41) is 20.2. The second kappa shape index (κ2) is 5.67. The van der Waals surface area contributed by atoms with Gasteiger partial charge >= 0.3 is 115 Å². The zero-order chi connectivity index (χ0) is 13.8. The topological polar surface area (TPSA) is 80.4 Å². The summed E-state index contributed by atoms with van der Waals surface area (Å²) in [6.45, 7) is 0. The summed E-state index contributed by atoms with van der Waals surface area (Å²) in [6, 6.07) is 13.4. The SMILES string of the molecule is O=C(O)c1cccc([N+](=O)[O-])c1[As]c1ccccc1. The number of hydrogen-bond donors (Lipinski definition) is 1. The number of nitro groups is 1. The Morgan fingerprint density at radius 1 is 1.11 bits per heavy atom. The van der Waals surface area contributed by atoms with Crippen LogP contribution >= 0.6 is 0 Å². The maximum atomic E-state index is 11.2. The molecule has 0 aliphatic heterocycles. The molecular weight excluding hydrogens is 309 g/mol. The summed E-state index contributed by atoms with van der Waals surface area (Å²) in [6.07, 6.45) is 0. The molecule has 2 aromatic carbocycles. The van der Waals surface area contributed by atoms with Crippen molar-refractivity contribution in [2.24, 2.45) is 0 Å². The predicted octanol–water partition coefficient (Wildman–Crippen LogP) is 0.948. The van der Waals surface area contributed by atoms with Gasteiger partial charge in [-0.25, -0.2) is 0 Å². The summed E-state index contributed by atoms with van der Waals surface area (Å²) in [4.78, 5) is 21.7. The van der Waals surface area contributed by atoms with Gasteiger partial charge in [-0.15, -0.1) is 0 Å². The van der Waals surface area contributed by atoms with Crippen molar-refractivity contribution in [3.8, 4) is 0 Å². The first-order chi connectivity index (χ1) is 9.09. The third kappa shape index (κ3) is 3.01. The average Bonchev–Trinajstić information content (AvgIpc) is 2.39. The van der Waals surface area contributed by atoms with Gasteiger partial charge in [0.05, 0.1) is 0 Å². The first-order valence-electron chi connectivity index (χ1n) is 5.37. The first-order valence-corrected chi connectivity index (χ1v) is 7.24. The number of nitrogens with zero attached hydrogens (tertiary/aromatic N) is 1. The Bertz CT molecular complexity index is 596. The van der Waals surface area contributed by atoms with Crippen LogP contribution in [0, 0.1) is 10.1 Å². The van der Waals surface area contributed by atoms with Gasteiger partial charge in [0.15, 0.2) is 0 Å². The quantitative estimate of drug-likeness (QED) is 0.517. The predicted molar refractivity (Wildman–Crippen MR) is 71.5 cm³/mol. The molecule has 95 valence electrons. The number of nitro benzene ring substituents is 1. The van der Waals surface area contributed by atoms with Crippen LogP contribution in [0.1, 0.15) is 10.4 Å². The second-order valence-corrected chi connectivity index (χ2v) is 6.17. The number of carboxylic acids is 1. The molecule has 6 heteroatoms. The van der Waals surface area contributed by atoms with Gasteiger partial charge in [0.1, 0.15) is 0 Å². The van der Waals surface area contributed by atoms with Gasteiger partial charge in [-0.2, -0.15) is 0 Å². The summed E-state index contributed by atoms with van der Waals surface area (Å²) >= 11 is -0.738. The maximum absolute atomic E-state index is 11.2. The van der Waals surface area contributed by atoms with Crippen LogP contribution < -0.4 is 8.70 Å². The second-order valence-electron chi connectivity index (χ2n) is 3.68. The van der Waals surface area contributed by atoms with Gasteiger partial charge in [0, 0.05) is 0 Å². The van der Waals surface area contributed by atoms with Gasteiger partial charge in [-0.3, -0.25) is 0 Å². The van der Waals surface area contributed by atoms with Gasteiger partial charge in [-0.05, 0) is 0 Å². The minimum atomic E-state index is -1.13. The molecule has 19 heavy (non-hydrogen) atoms. The van der Waals surface area contributed by atoms with Gasteiger partial charge in [0.2, 0.25) is 0 Å². The van der Waals surface area contributed by atoms with E-state index in [1.165, 1.54) is 18.2 Å². The summed E-state index contributed by atoms with van der Waals surface area (Å²) in [5.74, 6) is -1.13. The molecule has 0 heterocycles. The zero-order valence-electron chi connectivity index (χ0n) is 9.69. The molecule has 0 bridgehead atoms. The van der Waals surface area contributed by atoms with Crippen molar-refractivity contribution < 1.29 is 14.8 Å². The van der Waals surface area contributed by atoms with E-state index in [1.54, 1.807) is 0 Å². The van der Waals surface area contributed by atoms with Gasteiger partial charge in [-0.1, -0.05) is 0 Å². The molecule has 0 amide bonds. The van der Waals surface area contributed by atoms with Crippen molar-refractivity contribution in [2.45, 2.75) is 0 Å². The van der Waals surface area contributed by atoms with E-state index in [-0.39, 0.29) is 11.3 Å². The fourth-order valence-corrected chi connectivity index (χ4v) is 3.99. The Morgan fingerprint density at radius 3 is 2.37 bits per heavy atom. The van der Waals surface area contributed by atoms with E-state index in [4.69, 9.17) is 5.11 Å². The molecule has 0 aliphatic rings. The van der Waals surface area contributed by atoms with Gasteiger partial charge < -0.3 is 0 Å². The minimum absolute atomic E-state index is 0.0121. The van der Waals surface area contributed by atoms with Crippen LogP contribution in [0.4, 0.5) is 5.69 Å². The van der Waals surface area contributed by atoms with E-state index in [0.29, 0.717) is 4.35 Å². The molecule has 2 rings (SSSR count). The molecule has 2 aromatic rings. The molecule has 0 saturated heterocycles. The van der Waals surface area contributed by atoms with Crippen LogP contribution in [0.5, 0.6) is 0 Å². The zero-order valence-corrected chi connectivity index (χ0v) is 11.6. The number of rotatable bonds is 4. The molecule has 5 nitrogen and oxygen atoms in total. The third-order valence-electron chi connectivity index (χ3n) is 2.44.